The Hall–Kier alpha value is -3.69. The largest absolute Gasteiger partial charge is 0.330 e. The molecule has 0 heterocycles. The Morgan fingerprint density at radius 1 is 0.222 bits per heavy atom. The fourth-order valence-electron chi connectivity index (χ4n) is 9.48. The molecule has 0 aliphatic heterocycles. The molecule has 9 atom stereocenters. The van der Waals surface area contributed by atoms with Crippen LogP contribution in [0.15, 0.2) is 0 Å². The zero-order chi connectivity index (χ0) is 60.5. The fraction of sp³-hybridized carbons (Fsp3) is 0.833. The Balaban J connectivity index is 10.4. The average molecular weight is 1160 g/mol. The molecule has 0 bridgehead atoms. The van der Waals surface area contributed by atoms with Crippen LogP contribution >= 0.6 is 0 Å². The van der Waals surface area contributed by atoms with Gasteiger partial charge in [-0.2, -0.15) is 10.2 Å². The summed E-state index contributed by atoms with van der Waals surface area (Å²) in [4.78, 5) is 127. The number of hydrogen-bond donors (Lipinski definition) is 11. The van der Waals surface area contributed by atoms with E-state index >= 15 is 0 Å². The van der Waals surface area contributed by atoms with Crippen LogP contribution in [-0.4, -0.2) is 206 Å². The minimum Gasteiger partial charge on any atom is -0.330 e. The van der Waals surface area contributed by atoms with Gasteiger partial charge < -0.3 is 94.8 Å². The van der Waals surface area contributed by atoms with Gasteiger partial charge >= 0.3 is 0 Å². The molecule has 0 fully saturated rings. The zero-order valence-corrected chi connectivity index (χ0v) is 48.8. The quantitative estimate of drug-likeness (QED) is 0.0195. The molecular formula is C54H110N18O9. The number of aldehydes is 9. The second-order valence-corrected chi connectivity index (χ2v) is 20.5. The molecule has 0 aliphatic rings. The number of nitrogens with one attached hydrogen (secondary N) is 2. The van der Waals surface area contributed by atoms with Gasteiger partial charge in [-0.15, -0.1) is 25.6 Å². The van der Waals surface area contributed by atoms with E-state index in [2.05, 4.69) is 10.9 Å². The average Bonchev–Trinajstić information content (AvgIpc) is 3.51. The summed E-state index contributed by atoms with van der Waals surface area (Å²) in [5, 5.41) is 9.66. The SMILES string of the molecule is NCCCC[C@@H](C=O)NN([C@H](C=O)CCCCN)N([C@H](C=O)CCCCN)N([C@H](C=O)CCCCN)N([C@H](C=O)CCCCN)N([C@H](C=O)CCCCN)N([C@H](C=O)CCCCN)N(N[C@H](C=O)CCCCN)[C@H](C=O)CCCCN. The van der Waals surface area contributed by atoms with E-state index in [0.717, 1.165) is 0 Å². The van der Waals surface area contributed by atoms with Crippen LogP contribution in [0.4, 0.5) is 0 Å². The summed E-state index contributed by atoms with van der Waals surface area (Å²) in [6.07, 6.45) is 13.8. The normalized spacial score (nSPS) is 15.4. The van der Waals surface area contributed by atoms with Gasteiger partial charge in [-0.25, -0.2) is 10.9 Å². The predicted molar refractivity (Wildman–Crippen MR) is 314 cm³/mol. The highest BCUT2D eigenvalue weighted by atomic mass is 16.2. The van der Waals surface area contributed by atoms with Crippen LogP contribution in [0, 0.1) is 0 Å². The molecule has 0 spiro atoms. The van der Waals surface area contributed by atoms with Gasteiger partial charge in [0, 0.05) is 0 Å². The number of hydrogen-bond acceptors (Lipinski definition) is 27. The molecule has 27 heteroatoms. The predicted octanol–water partition coefficient (Wildman–Crippen LogP) is -1.13. The lowest BCUT2D eigenvalue weighted by molar-refractivity contribution is -0.443. The first-order valence-corrected chi connectivity index (χ1v) is 30.0. The number of hydrazine groups is 8. The van der Waals surface area contributed by atoms with Crippen molar-refractivity contribution in [1.82, 2.24) is 46.7 Å². The number of unbranched alkanes of at least 4 members (excludes halogenated alkanes) is 9. The number of nitrogens with two attached hydrogens (primary N) is 9. The van der Waals surface area contributed by atoms with Crippen molar-refractivity contribution >= 4 is 56.6 Å². The number of nitrogens with zero attached hydrogens (tertiary/aromatic N) is 7. The van der Waals surface area contributed by atoms with Crippen LogP contribution in [0.3, 0.4) is 0 Å². The van der Waals surface area contributed by atoms with E-state index in [1.54, 1.807) is 0 Å². The van der Waals surface area contributed by atoms with Crippen molar-refractivity contribution < 1.29 is 43.2 Å². The lowest BCUT2D eigenvalue weighted by atomic mass is 10.1. The van der Waals surface area contributed by atoms with E-state index in [-0.39, 0.29) is 110 Å². The van der Waals surface area contributed by atoms with Gasteiger partial charge in [0.25, 0.3) is 0 Å². The highest BCUT2D eigenvalue weighted by Gasteiger charge is 2.50. The second-order valence-electron chi connectivity index (χ2n) is 20.5. The molecule has 0 aromatic rings. The Morgan fingerprint density at radius 3 is 0.580 bits per heavy atom. The first kappa shape index (κ1) is 77.3. The third-order valence-corrected chi connectivity index (χ3v) is 14.0. The summed E-state index contributed by atoms with van der Waals surface area (Å²) in [6.45, 7) is 2.32. The summed E-state index contributed by atoms with van der Waals surface area (Å²) in [5.41, 5.74) is 60.8. The Kier molecular flexibility index (Phi) is 49.5. The molecule has 0 amide bonds. The number of rotatable bonds is 62. The van der Waals surface area contributed by atoms with Gasteiger partial charge in [0.2, 0.25) is 0 Å². The smallest absolute Gasteiger partial charge is 0.140 e. The molecule has 20 N–H and O–H groups in total. The summed E-state index contributed by atoms with van der Waals surface area (Å²) in [6, 6.07) is -11.4. The van der Waals surface area contributed by atoms with Crippen LogP contribution in [0.25, 0.3) is 0 Å². The third kappa shape index (κ3) is 29.6. The van der Waals surface area contributed by atoms with Gasteiger partial charge in [-0.1, -0.05) is 57.8 Å². The molecule has 0 saturated heterocycles. The van der Waals surface area contributed by atoms with E-state index in [9.17, 15) is 43.2 Å². The van der Waals surface area contributed by atoms with Gasteiger partial charge in [-0.05, 0) is 174 Å². The topological polar surface area (TPSA) is 435 Å². The Bertz CT molecular complexity index is 1520. The van der Waals surface area contributed by atoms with E-state index in [1.165, 1.54) is 35.8 Å². The summed E-state index contributed by atoms with van der Waals surface area (Å²) < 4.78 is 0. The first-order chi connectivity index (χ1) is 39.5. The van der Waals surface area contributed by atoms with Gasteiger partial charge in [0.1, 0.15) is 56.6 Å². The molecular weight excluding hydrogens is 1040 g/mol. The third-order valence-electron chi connectivity index (χ3n) is 14.0. The fourth-order valence-corrected chi connectivity index (χ4v) is 9.48. The van der Waals surface area contributed by atoms with E-state index < -0.39 is 54.4 Å². The van der Waals surface area contributed by atoms with Gasteiger partial charge in [-0.3, -0.25) is 0 Å². The number of carbonyl (C=O) groups excluding carboxylic acids is 9. The zero-order valence-electron chi connectivity index (χ0n) is 48.8. The van der Waals surface area contributed by atoms with Crippen molar-refractivity contribution in [3.8, 4) is 0 Å². The van der Waals surface area contributed by atoms with Gasteiger partial charge in [0.05, 0.1) is 54.4 Å². The molecule has 0 aromatic heterocycles. The molecule has 0 aliphatic carbocycles. The minimum absolute atomic E-state index is 0.0103. The highest BCUT2D eigenvalue weighted by molar-refractivity contribution is 5.63. The van der Waals surface area contributed by atoms with Crippen LogP contribution in [-0.2, 0) is 43.2 Å². The summed E-state index contributed by atoms with van der Waals surface area (Å²) in [7, 11) is 0. The monoisotopic (exact) mass is 1150 g/mol. The molecule has 0 rings (SSSR count). The van der Waals surface area contributed by atoms with Crippen molar-refractivity contribution in [3.05, 3.63) is 0 Å². The molecule has 0 saturated carbocycles. The van der Waals surface area contributed by atoms with Crippen molar-refractivity contribution in [3.63, 3.8) is 0 Å². The van der Waals surface area contributed by atoms with Crippen molar-refractivity contribution in [2.24, 2.45) is 51.6 Å². The maximum Gasteiger partial charge on any atom is 0.140 e. The summed E-state index contributed by atoms with van der Waals surface area (Å²) in [5.74, 6) is 0. The molecule has 27 nitrogen and oxygen atoms in total. The van der Waals surface area contributed by atoms with Crippen LogP contribution in [0.1, 0.15) is 173 Å². The van der Waals surface area contributed by atoms with Gasteiger partial charge in [0.15, 0.2) is 0 Å². The van der Waals surface area contributed by atoms with Crippen molar-refractivity contribution in [1.29, 1.82) is 0 Å². The Morgan fingerprint density at radius 2 is 0.395 bits per heavy atom. The lowest BCUT2D eigenvalue weighted by Gasteiger charge is -2.59. The maximum absolute atomic E-state index is 14.6. The summed E-state index contributed by atoms with van der Waals surface area (Å²) >= 11 is 0. The molecule has 470 valence electrons. The van der Waals surface area contributed by atoms with Crippen molar-refractivity contribution in [2.45, 2.75) is 228 Å². The van der Waals surface area contributed by atoms with E-state index in [1.807, 2.05) is 0 Å². The first-order valence-electron chi connectivity index (χ1n) is 30.0. The lowest BCUT2D eigenvalue weighted by Crippen LogP contribution is -2.80. The standard InChI is InChI=1S/C54H110N18O9/c55-28-10-1-19-46(37-73)64-66(48(39-75)21-3-12-30-57)68(50(41-77)23-5-14-32-59)70(52(43-79)25-7-16-34-61)72(54(45-81)27-9-18-36-63)71(53(44-80)26-8-17-35-62)69(51(42-78)24-6-15-33-60)67(49(40-76)22-4-13-31-58)65-47(38-74)20-2-11-29-56/h37-54,64-65H,1-36,55-63H2/t46-,47-,48-,49-,50-,51-,52-,53-,54-/m0/s1. The molecule has 0 unspecified atom stereocenters. The highest BCUT2D eigenvalue weighted by Crippen LogP contribution is 2.32. The van der Waals surface area contributed by atoms with Crippen LogP contribution in [0.5, 0.6) is 0 Å². The van der Waals surface area contributed by atoms with Crippen LogP contribution < -0.4 is 62.5 Å². The van der Waals surface area contributed by atoms with Crippen molar-refractivity contribution in [2.75, 3.05) is 58.9 Å². The molecule has 0 radical (unpaired) electrons. The minimum atomic E-state index is -1.43. The number of carbonyl (C=O) groups is 9. The maximum atomic E-state index is 14.6. The van der Waals surface area contributed by atoms with E-state index in [0.29, 0.717) is 179 Å². The Labute approximate surface area is 483 Å². The molecule has 81 heavy (non-hydrogen) atoms. The van der Waals surface area contributed by atoms with Crippen LogP contribution in [0.2, 0.25) is 0 Å². The second kappa shape index (κ2) is 51.9. The van der Waals surface area contributed by atoms with E-state index in [4.69, 9.17) is 51.6 Å². The molecule has 0 aromatic carbocycles.